The number of ether oxygens (including phenoxy) is 3. The molecule has 0 bridgehead atoms. The van der Waals surface area contributed by atoms with E-state index in [-0.39, 0.29) is 18.3 Å². The summed E-state index contributed by atoms with van der Waals surface area (Å²) in [7, 11) is 3.71. The summed E-state index contributed by atoms with van der Waals surface area (Å²) < 4.78 is 19.1. The maximum Gasteiger partial charge on any atom is 0.226 e. The fourth-order valence-electron chi connectivity index (χ4n) is 2.90. The third-order valence-corrected chi connectivity index (χ3v) is 3.85. The van der Waals surface area contributed by atoms with Crippen LogP contribution in [0.2, 0.25) is 0 Å². The summed E-state index contributed by atoms with van der Waals surface area (Å²) in [6.45, 7) is 3.46. The van der Waals surface area contributed by atoms with Crippen molar-refractivity contribution < 1.29 is 19.3 Å². The Labute approximate surface area is 140 Å². The predicted molar refractivity (Wildman–Crippen MR) is 84.7 cm³/mol. The van der Waals surface area contributed by atoms with Crippen LogP contribution in [-0.4, -0.2) is 70.7 Å². The van der Waals surface area contributed by atoms with Crippen LogP contribution in [0.4, 0.5) is 5.82 Å². The molecule has 0 aliphatic carbocycles. The Morgan fingerprint density at radius 2 is 2.12 bits per heavy atom. The highest BCUT2D eigenvalue weighted by Crippen LogP contribution is 2.42. The van der Waals surface area contributed by atoms with Crippen molar-refractivity contribution in [2.75, 3.05) is 20.7 Å². The average molecular weight is 337 g/mol. The second-order valence-corrected chi connectivity index (χ2v) is 6.54. The van der Waals surface area contributed by atoms with Crippen LogP contribution in [0.3, 0.4) is 0 Å². The summed E-state index contributed by atoms with van der Waals surface area (Å²) in [5.41, 5.74) is -0.000878. The van der Waals surface area contributed by atoms with Crippen molar-refractivity contribution >= 4 is 12.2 Å². The molecule has 1 aromatic heterocycles. The maximum atomic E-state index is 9.53. The molecule has 2 N–H and O–H groups in total. The van der Waals surface area contributed by atoms with Gasteiger partial charge >= 0.3 is 0 Å². The summed E-state index contributed by atoms with van der Waals surface area (Å²) in [4.78, 5) is 10.1. The number of nitrogens with zero attached hydrogens (tertiary/aromatic N) is 4. The van der Waals surface area contributed by atoms with E-state index in [1.165, 1.54) is 0 Å². The van der Waals surface area contributed by atoms with Gasteiger partial charge in [0, 0.05) is 20.3 Å². The summed E-state index contributed by atoms with van der Waals surface area (Å²) >= 11 is 0. The van der Waals surface area contributed by atoms with E-state index in [4.69, 9.17) is 19.6 Å². The van der Waals surface area contributed by atoms with Crippen LogP contribution in [0.1, 0.15) is 20.1 Å². The summed E-state index contributed by atoms with van der Waals surface area (Å²) in [5.74, 6) is -0.321. The first-order valence-corrected chi connectivity index (χ1v) is 7.77. The molecule has 0 radical (unpaired) electrons. The average Bonchev–Trinajstić information content (AvgIpc) is 2.98. The molecule has 1 aromatic rings. The van der Waals surface area contributed by atoms with Crippen LogP contribution >= 0.6 is 0 Å². The molecule has 9 heteroatoms. The second kappa shape index (κ2) is 6.25. The SMILES string of the molecule is CN(C)/C=N\c1ccn([C@@H]2O[C@H](CO)C3OC(C)(C)OC32)c(=N)n1. The topological polar surface area (TPSA) is 105 Å². The van der Waals surface area contributed by atoms with Crippen molar-refractivity contribution in [3.63, 3.8) is 0 Å². The Morgan fingerprint density at radius 3 is 2.75 bits per heavy atom. The molecule has 0 saturated carbocycles. The highest BCUT2D eigenvalue weighted by molar-refractivity contribution is 5.58. The van der Waals surface area contributed by atoms with Gasteiger partial charge in [-0.2, -0.15) is 4.98 Å². The molecular weight excluding hydrogens is 314 g/mol. The lowest BCUT2D eigenvalue weighted by Gasteiger charge is -2.24. The molecule has 132 valence electrons. The van der Waals surface area contributed by atoms with Crippen LogP contribution in [0.15, 0.2) is 17.3 Å². The monoisotopic (exact) mass is 337 g/mol. The van der Waals surface area contributed by atoms with Crippen LogP contribution in [0, 0.1) is 5.41 Å². The smallest absolute Gasteiger partial charge is 0.226 e. The van der Waals surface area contributed by atoms with Crippen LogP contribution in [-0.2, 0) is 14.2 Å². The largest absolute Gasteiger partial charge is 0.394 e. The molecular formula is C15H23N5O4. The molecule has 9 nitrogen and oxygen atoms in total. The zero-order valence-electron chi connectivity index (χ0n) is 14.2. The van der Waals surface area contributed by atoms with Crippen LogP contribution in [0.5, 0.6) is 0 Å². The zero-order chi connectivity index (χ0) is 17.5. The lowest BCUT2D eigenvalue weighted by atomic mass is 10.1. The quantitative estimate of drug-likeness (QED) is 0.592. The number of aromatic nitrogens is 2. The van der Waals surface area contributed by atoms with Gasteiger partial charge in [-0.15, -0.1) is 0 Å². The molecule has 0 amide bonds. The van der Waals surface area contributed by atoms with E-state index in [1.807, 2.05) is 27.9 Å². The Morgan fingerprint density at radius 1 is 1.42 bits per heavy atom. The molecule has 4 atom stereocenters. The van der Waals surface area contributed by atoms with Gasteiger partial charge in [0.15, 0.2) is 17.8 Å². The number of rotatable bonds is 4. The first-order chi connectivity index (χ1) is 11.3. The van der Waals surface area contributed by atoms with Gasteiger partial charge < -0.3 is 24.2 Å². The number of aliphatic imine (C=N–C) groups is 1. The van der Waals surface area contributed by atoms with E-state index in [0.29, 0.717) is 5.82 Å². The Bertz CT molecular complexity index is 687. The van der Waals surface area contributed by atoms with Crippen LogP contribution in [0.25, 0.3) is 0 Å². The van der Waals surface area contributed by atoms with E-state index in [9.17, 15) is 5.11 Å². The van der Waals surface area contributed by atoms with E-state index < -0.39 is 24.2 Å². The van der Waals surface area contributed by atoms with Crippen molar-refractivity contribution in [3.05, 3.63) is 17.9 Å². The van der Waals surface area contributed by atoms with Crippen molar-refractivity contribution in [3.8, 4) is 0 Å². The minimum atomic E-state index is -0.753. The molecule has 2 unspecified atom stereocenters. The highest BCUT2D eigenvalue weighted by Gasteiger charge is 2.55. The first kappa shape index (κ1) is 17.0. The van der Waals surface area contributed by atoms with E-state index in [2.05, 4.69) is 9.98 Å². The van der Waals surface area contributed by atoms with Crippen molar-refractivity contribution in [1.29, 1.82) is 5.41 Å². The van der Waals surface area contributed by atoms with E-state index in [1.54, 1.807) is 28.1 Å². The summed E-state index contributed by atoms with van der Waals surface area (Å²) in [6.07, 6.45) is 1.43. The molecule has 3 rings (SSSR count). The Hall–Kier alpha value is -1.81. The Kier molecular flexibility index (Phi) is 4.43. The highest BCUT2D eigenvalue weighted by atomic mass is 16.8. The van der Waals surface area contributed by atoms with Gasteiger partial charge in [0.25, 0.3) is 0 Å². The maximum absolute atomic E-state index is 9.53. The standard InChI is InChI=1S/C15H23N5O4/c1-15(2)23-11-9(7-21)22-13(12(11)24-15)20-6-5-10(18-14(20)16)17-8-19(3)4/h5-6,8-9,11-13,16,21H,7H2,1-4H3/b16-14?,17-8-/t9-,11?,12?,13-/m1/s1. The molecule has 24 heavy (non-hydrogen) atoms. The summed E-state index contributed by atoms with van der Waals surface area (Å²) in [6, 6.07) is 1.70. The minimum absolute atomic E-state index is 0.000878. The lowest BCUT2D eigenvalue weighted by Crippen LogP contribution is -2.34. The number of aliphatic hydroxyl groups is 1. The second-order valence-electron chi connectivity index (χ2n) is 6.54. The Balaban J connectivity index is 1.87. The molecule has 0 spiro atoms. The number of fused-ring (bicyclic) bond motifs is 1. The van der Waals surface area contributed by atoms with Gasteiger partial charge in [0.2, 0.25) is 5.62 Å². The zero-order valence-corrected chi connectivity index (χ0v) is 14.2. The van der Waals surface area contributed by atoms with Crippen molar-refractivity contribution in [1.82, 2.24) is 14.5 Å². The number of hydrogen-bond acceptors (Lipinski definition) is 7. The minimum Gasteiger partial charge on any atom is -0.394 e. The van der Waals surface area contributed by atoms with Gasteiger partial charge in [-0.25, -0.2) is 4.99 Å². The predicted octanol–water partition coefficient (Wildman–Crippen LogP) is -0.00623. The third kappa shape index (κ3) is 3.20. The van der Waals surface area contributed by atoms with E-state index >= 15 is 0 Å². The van der Waals surface area contributed by atoms with Gasteiger partial charge in [-0.05, 0) is 19.9 Å². The molecule has 0 aromatic carbocycles. The molecule has 2 saturated heterocycles. The molecule has 2 aliphatic rings. The first-order valence-electron chi connectivity index (χ1n) is 7.77. The third-order valence-electron chi connectivity index (χ3n) is 3.85. The summed E-state index contributed by atoms with van der Waals surface area (Å²) in [5, 5.41) is 17.7. The number of nitrogens with one attached hydrogen (secondary N) is 1. The van der Waals surface area contributed by atoms with Gasteiger partial charge in [-0.1, -0.05) is 0 Å². The van der Waals surface area contributed by atoms with Gasteiger partial charge in [0.05, 0.1) is 12.9 Å². The fourth-order valence-corrected chi connectivity index (χ4v) is 2.90. The normalized spacial score (nSPS) is 31.5. The molecule has 2 aliphatic heterocycles. The molecule has 2 fully saturated rings. The molecule has 3 heterocycles. The van der Waals surface area contributed by atoms with Gasteiger partial charge in [-0.3, -0.25) is 9.98 Å². The van der Waals surface area contributed by atoms with E-state index in [0.717, 1.165) is 0 Å². The number of hydrogen-bond donors (Lipinski definition) is 2. The number of aliphatic hydroxyl groups excluding tert-OH is 1. The van der Waals surface area contributed by atoms with Gasteiger partial charge in [0.1, 0.15) is 18.3 Å². The van der Waals surface area contributed by atoms with Crippen molar-refractivity contribution in [2.24, 2.45) is 4.99 Å². The fraction of sp³-hybridized carbons (Fsp3) is 0.667. The van der Waals surface area contributed by atoms with Crippen molar-refractivity contribution in [2.45, 2.75) is 44.2 Å². The van der Waals surface area contributed by atoms with Crippen LogP contribution < -0.4 is 5.62 Å². The lowest BCUT2D eigenvalue weighted by molar-refractivity contribution is -0.200.